The topological polar surface area (TPSA) is 66.8 Å². The van der Waals surface area contributed by atoms with Crippen LogP contribution < -0.4 is 4.74 Å². The minimum atomic E-state index is -1.20. The first-order valence-corrected chi connectivity index (χ1v) is 6.94. The Kier molecular flexibility index (Phi) is 5.76. The van der Waals surface area contributed by atoms with Crippen molar-refractivity contribution in [3.8, 4) is 5.75 Å². The summed E-state index contributed by atoms with van der Waals surface area (Å²) in [7, 11) is 1.51. The fraction of sp³-hybridized carbons (Fsp3) is 0.500. The number of likely N-dealkylation sites (N-methyl/N-ethyl adjacent to an activating group) is 1. The van der Waals surface area contributed by atoms with Crippen LogP contribution in [0.15, 0.2) is 24.3 Å². The Hall–Kier alpha value is -2.04. The molecule has 1 aromatic carbocycles. The molecule has 1 amide bonds. The molecule has 0 radical (unpaired) electrons. The largest absolute Gasteiger partial charge is 0.494 e. The number of hydrogen-bond donors (Lipinski definition) is 1. The van der Waals surface area contributed by atoms with E-state index in [1.165, 1.54) is 25.8 Å². The molecule has 0 spiro atoms. The van der Waals surface area contributed by atoms with Gasteiger partial charge in [0.1, 0.15) is 11.3 Å². The monoisotopic (exact) mass is 293 g/mol. The Morgan fingerprint density at radius 2 is 2.00 bits per heavy atom. The summed E-state index contributed by atoms with van der Waals surface area (Å²) in [6.45, 7) is 5.43. The van der Waals surface area contributed by atoms with Crippen LogP contribution in [-0.4, -0.2) is 41.1 Å². The van der Waals surface area contributed by atoms with E-state index in [9.17, 15) is 9.59 Å². The van der Waals surface area contributed by atoms with Gasteiger partial charge in [0.2, 0.25) is 5.91 Å². The quantitative estimate of drug-likeness (QED) is 0.784. The Labute approximate surface area is 125 Å². The number of rotatable bonds is 7. The van der Waals surface area contributed by atoms with Gasteiger partial charge < -0.3 is 14.7 Å². The van der Waals surface area contributed by atoms with Crippen molar-refractivity contribution in [2.45, 2.75) is 39.2 Å². The van der Waals surface area contributed by atoms with E-state index in [1.54, 1.807) is 0 Å². The highest BCUT2D eigenvalue weighted by molar-refractivity contribution is 5.86. The van der Waals surface area contributed by atoms with Crippen LogP contribution >= 0.6 is 0 Å². The van der Waals surface area contributed by atoms with E-state index in [0.29, 0.717) is 13.0 Å². The molecule has 0 heterocycles. The average molecular weight is 293 g/mol. The summed E-state index contributed by atoms with van der Waals surface area (Å²) in [6, 6.07) is 7.70. The zero-order valence-electron chi connectivity index (χ0n) is 13.0. The molecule has 0 saturated carbocycles. The highest BCUT2D eigenvalue weighted by Gasteiger charge is 2.34. The summed E-state index contributed by atoms with van der Waals surface area (Å²) in [6.07, 6.45) is 0.811. The third kappa shape index (κ3) is 4.77. The molecule has 0 aliphatic heterocycles. The standard InChI is InChI=1S/C16H23NO4/c1-12-7-5-8-13(11-12)21-10-6-9-14(18)17(4)16(2,3)15(19)20/h5,7-8,11H,6,9-10H2,1-4H3,(H,19,20). The van der Waals surface area contributed by atoms with Gasteiger partial charge in [-0.3, -0.25) is 4.79 Å². The number of hydrogen-bond acceptors (Lipinski definition) is 3. The van der Waals surface area contributed by atoms with Crippen LogP contribution in [0.25, 0.3) is 0 Å². The number of aliphatic carboxylic acids is 1. The normalized spacial score (nSPS) is 11.0. The van der Waals surface area contributed by atoms with Crippen LogP contribution in [0.3, 0.4) is 0 Å². The maximum Gasteiger partial charge on any atom is 0.329 e. The molecule has 0 unspecified atom stereocenters. The summed E-state index contributed by atoms with van der Waals surface area (Å²) < 4.78 is 5.56. The van der Waals surface area contributed by atoms with Crippen LogP contribution in [-0.2, 0) is 9.59 Å². The number of carbonyl (C=O) groups excluding carboxylic acids is 1. The van der Waals surface area contributed by atoms with Crippen LogP contribution in [0.4, 0.5) is 0 Å². The lowest BCUT2D eigenvalue weighted by atomic mass is 10.0. The number of benzene rings is 1. The van der Waals surface area contributed by atoms with Crippen molar-refractivity contribution < 1.29 is 19.4 Å². The van der Waals surface area contributed by atoms with Crippen LogP contribution in [0.1, 0.15) is 32.3 Å². The number of nitrogens with zero attached hydrogens (tertiary/aromatic N) is 1. The van der Waals surface area contributed by atoms with Gasteiger partial charge in [-0.25, -0.2) is 4.79 Å². The van der Waals surface area contributed by atoms with Crippen LogP contribution in [0.2, 0.25) is 0 Å². The molecular formula is C16H23NO4. The summed E-state index contributed by atoms with van der Waals surface area (Å²) in [4.78, 5) is 24.3. The molecule has 1 aromatic rings. The van der Waals surface area contributed by atoms with E-state index < -0.39 is 11.5 Å². The van der Waals surface area contributed by atoms with Crippen molar-refractivity contribution in [1.29, 1.82) is 0 Å². The first-order valence-electron chi connectivity index (χ1n) is 6.94. The van der Waals surface area contributed by atoms with E-state index in [-0.39, 0.29) is 12.3 Å². The summed E-state index contributed by atoms with van der Waals surface area (Å²) in [5.41, 5.74) is -0.0828. The molecule has 5 heteroatoms. The van der Waals surface area contributed by atoms with Gasteiger partial charge in [-0.05, 0) is 44.9 Å². The second-order valence-corrected chi connectivity index (χ2v) is 5.59. The van der Waals surface area contributed by atoms with E-state index >= 15 is 0 Å². The van der Waals surface area contributed by atoms with Gasteiger partial charge in [0.15, 0.2) is 0 Å². The van der Waals surface area contributed by atoms with E-state index in [2.05, 4.69) is 0 Å². The van der Waals surface area contributed by atoms with Gasteiger partial charge in [-0.1, -0.05) is 12.1 Å². The number of carboxylic acids is 1. The number of ether oxygens (including phenoxy) is 1. The van der Waals surface area contributed by atoms with Gasteiger partial charge in [-0.2, -0.15) is 0 Å². The molecule has 0 saturated heterocycles. The lowest BCUT2D eigenvalue weighted by Crippen LogP contribution is -2.50. The third-order valence-electron chi connectivity index (χ3n) is 3.53. The number of carbonyl (C=O) groups is 2. The minimum absolute atomic E-state index is 0.199. The molecule has 0 fully saturated rings. The highest BCUT2D eigenvalue weighted by atomic mass is 16.5. The maximum absolute atomic E-state index is 12.0. The minimum Gasteiger partial charge on any atom is -0.494 e. The molecule has 0 aromatic heterocycles. The Bertz CT molecular complexity index is 511. The summed E-state index contributed by atoms with van der Waals surface area (Å²) in [5, 5.41) is 9.09. The highest BCUT2D eigenvalue weighted by Crippen LogP contribution is 2.15. The first-order chi connectivity index (χ1) is 9.75. The van der Waals surface area contributed by atoms with Crippen molar-refractivity contribution in [2.24, 2.45) is 0 Å². The predicted octanol–water partition coefficient (Wildman–Crippen LogP) is 2.48. The fourth-order valence-electron chi connectivity index (χ4n) is 1.74. The second kappa shape index (κ2) is 7.11. The van der Waals surface area contributed by atoms with E-state index in [0.717, 1.165) is 11.3 Å². The van der Waals surface area contributed by atoms with Crippen molar-refractivity contribution in [3.05, 3.63) is 29.8 Å². The van der Waals surface area contributed by atoms with Gasteiger partial charge in [0, 0.05) is 13.5 Å². The van der Waals surface area contributed by atoms with Gasteiger partial charge in [-0.15, -0.1) is 0 Å². The number of amides is 1. The van der Waals surface area contributed by atoms with Crippen molar-refractivity contribution in [1.82, 2.24) is 4.90 Å². The lowest BCUT2D eigenvalue weighted by molar-refractivity contribution is -0.155. The molecule has 0 aliphatic rings. The maximum atomic E-state index is 12.0. The Morgan fingerprint density at radius 1 is 1.33 bits per heavy atom. The molecule has 0 aliphatic carbocycles. The van der Waals surface area contributed by atoms with Crippen LogP contribution in [0, 0.1) is 6.92 Å². The Morgan fingerprint density at radius 3 is 2.57 bits per heavy atom. The number of carboxylic acid groups (broad SMARTS) is 1. The molecule has 0 atom stereocenters. The van der Waals surface area contributed by atoms with E-state index in [1.807, 2.05) is 31.2 Å². The zero-order valence-corrected chi connectivity index (χ0v) is 13.0. The summed E-state index contributed by atoms with van der Waals surface area (Å²) in [5.74, 6) is -0.439. The smallest absolute Gasteiger partial charge is 0.329 e. The molecule has 1 N–H and O–H groups in total. The molecule has 0 bridgehead atoms. The average Bonchev–Trinajstić information content (AvgIpc) is 2.42. The fourth-order valence-corrected chi connectivity index (χ4v) is 1.74. The lowest BCUT2D eigenvalue weighted by Gasteiger charge is -2.31. The predicted molar refractivity (Wildman–Crippen MR) is 80.4 cm³/mol. The molecule has 116 valence electrons. The zero-order chi connectivity index (χ0) is 16.0. The third-order valence-corrected chi connectivity index (χ3v) is 3.53. The first kappa shape index (κ1) is 17.0. The Balaban J connectivity index is 2.39. The van der Waals surface area contributed by atoms with Crippen molar-refractivity contribution in [3.63, 3.8) is 0 Å². The van der Waals surface area contributed by atoms with Gasteiger partial charge in [0.05, 0.1) is 6.61 Å². The second-order valence-electron chi connectivity index (χ2n) is 5.59. The van der Waals surface area contributed by atoms with E-state index in [4.69, 9.17) is 9.84 Å². The van der Waals surface area contributed by atoms with Crippen molar-refractivity contribution in [2.75, 3.05) is 13.7 Å². The van der Waals surface area contributed by atoms with Crippen molar-refractivity contribution >= 4 is 11.9 Å². The van der Waals surface area contributed by atoms with Gasteiger partial charge >= 0.3 is 5.97 Å². The summed E-state index contributed by atoms with van der Waals surface area (Å²) >= 11 is 0. The molecular weight excluding hydrogens is 270 g/mol. The van der Waals surface area contributed by atoms with Crippen LogP contribution in [0.5, 0.6) is 5.75 Å². The number of aryl methyl sites for hydroxylation is 1. The molecule has 21 heavy (non-hydrogen) atoms. The SMILES string of the molecule is Cc1cccc(OCCCC(=O)N(C)C(C)(C)C(=O)O)c1. The molecule has 5 nitrogen and oxygen atoms in total. The van der Waals surface area contributed by atoms with Gasteiger partial charge in [0.25, 0.3) is 0 Å². The molecule has 1 rings (SSSR count).